The van der Waals surface area contributed by atoms with E-state index in [0.29, 0.717) is 0 Å². The highest BCUT2D eigenvalue weighted by molar-refractivity contribution is 5.81. The standard InChI is InChI=1S/C26H35N3O/c1-3-11-25(24-15-8-5-9-16-24)27-26(30)22(2)29-20-18-28(19-21-29)17-10-14-23-12-6-4-7-13-23/h4-10,12-16,22,25H,3,11,17-21H2,1-2H3,(H,27,30)/b14-10+/t22-,25-/m1/s1. The molecule has 2 aromatic carbocycles. The number of rotatable bonds is 9. The molecule has 0 bridgehead atoms. The van der Waals surface area contributed by atoms with E-state index in [4.69, 9.17) is 0 Å². The Hall–Kier alpha value is -2.43. The van der Waals surface area contributed by atoms with Crippen LogP contribution in [0.4, 0.5) is 0 Å². The van der Waals surface area contributed by atoms with Crippen LogP contribution in [0.2, 0.25) is 0 Å². The molecule has 0 spiro atoms. The number of amides is 1. The lowest BCUT2D eigenvalue weighted by Gasteiger charge is -2.37. The van der Waals surface area contributed by atoms with E-state index in [1.54, 1.807) is 0 Å². The Balaban J connectivity index is 1.46. The summed E-state index contributed by atoms with van der Waals surface area (Å²) >= 11 is 0. The second kappa shape index (κ2) is 11.7. The average molecular weight is 406 g/mol. The van der Waals surface area contributed by atoms with Crippen molar-refractivity contribution < 1.29 is 4.79 Å². The van der Waals surface area contributed by atoms with Gasteiger partial charge in [0, 0.05) is 32.7 Å². The molecular formula is C26H35N3O. The highest BCUT2D eigenvalue weighted by Gasteiger charge is 2.26. The SMILES string of the molecule is CCC[C@@H](NC(=O)[C@@H](C)N1CCN(C/C=C/c2ccccc2)CC1)c1ccccc1. The van der Waals surface area contributed by atoms with E-state index >= 15 is 0 Å². The van der Waals surface area contributed by atoms with Crippen molar-refractivity contribution in [3.63, 3.8) is 0 Å². The van der Waals surface area contributed by atoms with E-state index in [1.807, 2.05) is 31.2 Å². The molecule has 160 valence electrons. The number of benzene rings is 2. The molecule has 2 atom stereocenters. The number of nitrogens with one attached hydrogen (secondary N) is 1. The van der Waals surface area contributed by atoms with Crippen molar-refractivity contribution in [3.8, 4) is 0 Å². The second-order valence-corrected chi connectivity index (χ2v) is 8.09. The van der Waals surface area contributed by atoms with Gasteiger partial charge in [-0.15, -0.1) is 0 Å². The zero-order valence-electron chi connectivity index (χ0n) is 18.3. The maximum atomic E-state index is 12.9. The molecule has 1 N–H and O–H groups in total. The topological polar surface area (TPSA) is 35.6 Å². The normalized spacial score (nSPS) is 17.7. The summed E-state index contributed by atoms with van der Waals surface area (Å²) in [7, 11) is 0. The molecule has 4 nitrogen and oxygen atoms in total. The van der Waals surface area contributed by atoms with Crippen LogP contribution in [0.1, 0.15) is 43.9 Å². The maximum absolute atomic E-state index is 12.9. The third-order valence-corrected chi connectivity index (χ3v) is 5.90. The molecule has 1 heterocycles. The lowest BCUT2D eigenvalue weighted by atomic mass is 10.0. The van der Waals surface area contributed by atoms with Crippen molar-refractivity contribution in [2.24, 2.45) is 0 Å². The lowest BCUT2D eigenvalue weighted by molar-refractivity contribution is -0.127. The van der Waals surface area contributed by atoms with Gasteiger partial charge in [-0.2, -0.15) is 0 Å². The quantitative estimate of drug-likeness (QED) is 0.673. The Morgan fingerprint density at radius 2 is 1.63 bits per heavy atom. The monoisotopic (exact) mass is 405 g/mol. The number of carbonyl (C=O) groups excluding carboxylic acids is 1. The first kappa shape index (κ1) is 22.3. The summed E-state index contributed by atoms with van der Waals surface area (Å²) in [6.45, 7) is 9.00. The van der Waals surface area contributed by atoms with Crippen molar-refractivity contribution >= 4 is 12.0 Å². The fourth-order valence-corrected chi connectivity index (χ4v) is 3.99. The van der Waals surface area contributed by atoms with Gasteiger partial charge in [0.1, 0.15) is 0 Å². The number of hydrogen-bond acceptors (Lipinski definition) is 3. The van der Waals surface area contributed by atoms with Crippen LogP contribution in [-0.4, -0.2) is 54.5 Å². The summed E-state index contributed by atoms with van der Waals surface area (Å²) < 4.78 is 0. The number of nitrogens with zero attached hydrogens (tertiary/aromatic N) is 2. The first-order valence-electron chi connectivity index (χ1n) is 11.2. The molecule has 1 saturated heterocycles. The minimum Gasteiger partial charge on any atom is -0.348 e. The van der Waals surface area contributed by atoms with Crippen molar-refractivity contribution in [2.75, 3.05) is 32.7 Å². The predicted octanol–water partition coefficient (Wildman–Crippen LogP) is 4.36. The molecule has 1 amide bonds. The molecule has 1 aliphatic rings. The van der Waals surface area contributed by atoms with Gasteiger partial charge in [-0.25, -0.2) is 0 Å². The molecular weight excluding hydrogens is 370 g/mol. The summed E-state index contributed by atoms with van der Waals surface area (Å²) in [5.41, 5.74) is 2.43. The van der Waals surface area contributed by atoms with Gasteiger partial charge in [-0.3, -0.25) is 14.6 Å². The Morgan fingerprint density at radius 3 is 2.27 bits per heavy atom. The third kappa shape index (κ3) is 6.54. The largest absolute Gasteiger partial charge is 0.348 e. The summed E-state index contributed by atoms with van der Waals surface area (Å²) in [4.78, 5) is 17.7. The van der Waals surface area contributed by atoms with Gasteiger partial charge in [-0.1, -0.05) is 86.2 Å². The Kier molecular flexibility index (Phi) is 8.66. The molecule has 1 fully saturated rings. The van der Waals surface area contributed by atoms with E-state index in [-0.39, 0.29) is 18.0 Å². The van der Waals surface area contributed by atoms with Crippen LogP contribution in [0.5, 0.6) is 0 Å². The molecule has 4 heteroatoms. The molecule has 30 heavy (non-hydrogen) atoms. The zero-order valence-corrected chi connectivity index (χ0v) is 18.3. The average Bonchev–Trinajstić information content (AvgIpc) is 2.80. The molecule has 1 aliphatic heterocycles. The first-order valence-corrected chi connectivity index (χ1v) is 11.2. The van der Waals surface area contributed by atoms with E-state index < -0.39 is 0 Å². The summed E-state index contributed by atoms with van der Waals surface area (Å²) in [6, 6.07) is 20.7. The molecule has 0 unspecified atom stereocenters. The van der Waals surface area contributed by atoms with Crippen LogP contribution in [0.15, 0.2) is 66.7 Å². The van der Waals surface area contributed by atoms with Gasteiger partial charge in [0.2, 0.25) is 5.91 Å². The Bertz CT molecular complexity index is 782. The number of hydrogen-bond donors (Lipinski definition) is 1. The van der Waals surface area contributed by atoms with Crippen LogP contribution in [0, 0.1) is 0 Å². The van der Waals surface area contributed by atoms with Gasteiger partial charge >= 0.3 is 0 Å². The minimum absolute atomic E-state index is 0.0931. The Labute approximate surface area is 181 Å². The highest BCUT2D eigenvalue weighted by atomic mass is 16.2. The molecule has 0 aromatic heterocycles. The molecule has 0 saturated carbocycles. The maximum Gasteiger partial charge on any atom is 0.237 e. The van der Waals surface area contributed by atoms with Gasteiger partial charge in [0.25, 0.3) is 0 Å². The fourth-order valence-electron chi connectivity index (χ4n) is 3.99. The van der Waals surface area contributed by atoms with Crippen LogP contribution >= 0.6 is 0 Å². The fraction of sp³-hybridized carbons (Fsp3) is 0.423. The van der Waals surface area contributed by atoms with Crippen molar-refractivity contribution in [2.45, 2.75) is 38.8 Å². The van der Waals surface area contributed by atoms with Gasteiger partial charge in [0.15, 0.2) is 0 Å². The van der Waals surface area contributed by atoms with Gasteiger partial charge in [-0.05, 0) is 24.5 Å². The van der Waals surface area contributed by atoms with Crippen LogP contribution in [0.25, 0.3) is 6.08 Å². The molecule has 0 aliphatic carbocycles. The minimum atomic E-state index is -0.102. The summed E-state index contributed by atoms with van der Waals surface area (Å²) in [5, 5.41) is 3.29. The van der Waals surface area contributed by atoms with E-state index in [2.05, 4.69) is 70.6 Å². The van der Waals surface area contributed by atoms with E-state index in [9.17, 15) is 4.79 Å². The van der Waals surface area contributed by atoms with Crippen LogP contribution in [0.3, 0.4) is 0 Å². The zero-order chi connectivity index (χ0) is 21.2. The van der Waals surface area contributed by atoms with Crippen molar-refractivity contribution in [3.05, 3.63) is 77.9 Å². The molecule has 0 radical (unpaired) electrons. The van der Waals surface area contributed by atoms with E-state index in [0.717, 1.165) is 45.6 Å². The molecule has 2 aromatic rings. The smallest absolute Gasteiger partial charge is 0.237 e. The predicted molar refractivity (Wildman–Crippen MR) is 125 cm³/mol. The van der Waals surface area contributed by atoms with Gasteiger partial charge < -0.3 is 5.32 Å². The van der Waals surface area contributed by atoms with Crippen LogP contribution < -0.4 is 5.32 Å². The van der Waals surface area contributed by atoms with E-state index in [1.165, 1.54) is 11.1 Å². The summed E-state index contributed by atoms with van der Waals surface area (Å²) in [5.74, 6) is 0.134. The van der Waals surface area contributed by atoms with Crippen LogP contribution in [-0.2, 0) is 4.79 Å². The highest BCUT2D eigenvalue weighted by Crippen LogP contribution is 2.19. The lowest BCUT2D eigenvalue weighted by Crippen LogP contribution is -2.54. The van der Waals surface area contributed by atoms with Crippen molar-refractivity contribution in [1.82, 2.24) is 15.1 Å². The third-order valence-electron chi connectivity index (χ3n) is 5.90. The molecule has 3 rings (SSSR count). The van der Waals surface area contributed by atoms with Gasteiger partial charge in [0.05, 0.1) is 12.1 Å². The van der Waals surface area contributed by atoms with Crippen molar-refractivity contribution in [1.29, 1.82) is 0 Å². The second-order valence-electron chi connectivity index (χ2n) is 8.09. The number of carbonyl (C=O) groups is 1. The summed E-state index contributed by atoms with van der Waals surface area (Å²) in [6.07, 6.45) is 6.42. The first-order chi connectivity index (χ1) is 14.7. The Morgan fingerprint density at radius 1 is 1.00 bits per heavy atom. The number of piperazine rings is 1.